The molecule has 2 heterocycles. The average Bonchev–Trinajstić information content (AvgIpc) is 2.59. The van der Waals surface area contributed by atoms with Gasteiger partial charge in [-0.1, -0.05) is 0 Å². The molecule has 0 radical (unpaired) electrons. The molecule has 5 nitrogen and oxygen atoms in total. The Morgan fingerprint density at radius 1 is 1.25 bits per heavy atom. The highest BCUT2D eigenvalue weighted by molar-refractivity contribution is 9.10. The number of halogens is 3. The lowest BCUT2D eigenvalue weighted by Gasteiger charge is -2.32. The zero-order chi connectivity index (χ0) is 17.1. The van der Waals surface area contributed by atoms with E-state index in [1.54, 1.807) is 17.3 Å². The Hall–Kier alpha value is -2.09. The topological polar surface area (TPSA) is 55.3 Å². The number of hydrogen-bond donors (Lipinski definition) is 0. The second kappa shape index (κ2) is 7.21. The van der Waals surface area contributed by atoms with Crippen LogP contribution in [0.2, 0.25) is 0 Å². The van der Waals surface area contributed by atoms with Crippen LogP contribution in [0.4, 0.5) is 8.78 Å². The molecule has 8 heteroatoms. The van der Waals surface area contributed by atoms with Crippen LogP contribution in [0.3, 0.4) is 0 Å². The van der Waals surface area contributed by atoms with Gasteiger partial charge < -0.3 is 9.64 Å². The molecule has 1 aromatic heterocycles. The first kappa shape index (κ1) is 16.8. The van der Waals surface area contributed by atoms with Gasteiger partial charge in [-0.25, -0.2) is 18.7 Å². The van der Waals surface area contributed by atoms with Crippen LogP contribution in [0.1, 0.15) is 23.2 Å². The fourth-order valence-electron chi connectivity index (χ4n) is 2.54. The highest BCUT2D eigenvalue weighted by Crippen LogP contribution is 2.19. The lowest BCUT2D eigenvalue weighted by atomic mass is 10.1. The van der Waals surface area contributed by atoms with E-state index < -0.39 is 11.6 Å². The molecule has 0 N–H and O–H groups in total. The highest BCUT2D eigenvalue weighted by atomic mass is 79.9. The molecule has 24 heavy (non-hydrogen) atoms. The second-order valence-corrected chi connectivity index (χ2v) is 6.36. The van der Waals surface area contributed by atoms with E-state index in [2.05, 4.69) is 25.9 Å². The number of nitrogens with zero attached hydrogens (tertiary/aromatic N) is 3. The van der Waals surface area contributed by atoms with Crippen molar-refractivity contribution < 1.29 is 18.3 Å². The first-order valence-electron chi connectivity index (χ1n) is 7.41. The summed E-state index contributed by atoms with van der Waals surface area (Å²) in [4.78, 5) is 22.1. The number of piperidine rings is 1. The van der Waals surface area contributed by atoms with E-state index in [0.717, 1.165) is 29.4 Å². The van der Waals surface area contributed by atoms with Gasteiger partial charge in [-0.05, 0) is 47.0 Å². The Labute approximate surface area is 145 Å². The number of amides is 1. The molecule has 0 aliphatic carbocycles. The van der Waals surface area contributed by atoms with Crippen molar-refractivity contribution in [3.63, 3.8) is 0 Å². The molecule has 0 spiro atoms. The minimum Gasteiger partial charge on any atom is -0.458 e. The Morgan fingerprint density at radius 3 is 2.71 bits per heavy atom. The van der Waals surface area contributed by atoms with E-state index >= 15 is 0 Å². The van der Waals surface area contributed by atoms with Crippen LogP contribution in [-0.2, 0) is 0 Å². The SMILES string of the molecule is O=C(c1ccc(F)c(F)c1)N1CCCC(Oc2ncc(Br)cn2)C1. The van der Waals surface area contributed by atoms with E-state index in [9.17, 15) is 13.6 Å². The molecular weight excluding hydrogens is 384 g/mol. The minimum absolute atomic E-state index is 0.120. The smallest absolute Gasteiger partial charge is 0.316 e. The van der Waals surface area contributed by atoms with Gasteiger partial charge in [0.25, 0.3) is 5.91 Å². The van der Waals surface area contributed by atoms with Crippen LogP contribution >= 0.6 is 15.9 Å². The Morgan fingerprint density at radius 2 is 2.00 bits per heavy atom. The summed E-state index contributed by atoms with van der Waals surface area (Å²) >= 11 is 3.25. The van der Waals surface area contributed by atoms with Crippen LogP contribution in [0.25, 0.3) is 0 Å². The zero-order valence-electron chi connectivity index (χ0n) is 12.6. The van der Waals surface area contributed by atoms with E-state index in [1.165, 1.54) is 6.07 Å². The van der Waals surface area contributed by atoms with Crippen molar-refractivity contribution in [3.05, 3.63) is 52.3 Å². The minimum atomic E-state index is -1.03. The van der Waals surface area contributed by atoms with Crippen molar-refractivity contribution >= 4 is 21.8 Å². The van der Waals surface area contributed by atoms with Crippen molar-refractivity contribution in [2.45, 2.75) is 18.9 Å². The van der Waals surface area contributed by atoms with Crippen molar-refractivity contribution in [3.8, 4) is 6.01 Å². The molecule has 1 aliphatic heterocycles. The van der Waals surface area contributed by atoms with Crippen LogP contribution in [0.15, 0.2) is 35.1 Å². The number of aromatic nitrogens is 2. The number of benzene rings is 1. The van der Waals surface area contributed by atoms with Gasteiger partial charge in [-0.2, -0.15) is 0 Å². The van der Waals surface area contributed by atoms with Gasteiger partial charge in [0.15, 0.2) is 11.6 Å². The number of carbonyl (C=O) groups is 1. The third-order valence-corrected chi connectivity index (χ3v) is 4.11. The van der Waals surface area contributed by atoms with Gasteiger partial charge in [0.2, 0.25) is 0 Å². The Kier molecular flexibility index (Phi) is 5.03. The normalized spacial score (nSPS) is 17.6. The maximum Gasteiger partial charge on any atom is 0.316 e. The number of carbonyl (C=O) groups excluding carboxylic acids is 1. The van der Waals surface area contributed by atoms with E-state index in [1.807, 2.05) is 0 Å². The van der Waals surface area contributed by atoms with Gasteiger partial charge >= 0.3 is 6.01 Å². The first-order chi connectivity index (χ1) is 11.5. The second-order valence-electron chi connectivity index (χ2n) is 5.45. The first-order valence-corrected chi connectivity index (χ1v) is 8.21. The van der Waals surface area contributed by atoms with Gasteiger partial charge in [-0.15, -0.1) is 0 Å². The largest absolute Gasteiger partial charge is 0.458 e. The van der Waals surface area contributed by atoms with Crippen molar-refractivity contribution in [2.24, 2.45) is 0 Å². The van der Waals surface area contributed by atoms with Crippen molar-refractivity contribution in [2.75, 3.05) is 13.1 Å². The maximum atomic E-state index is 13.3. The summed E-state index contributed by atoms with van der Waals surface area (Å²) in [6, 6.07) is 3.39. The summed E-state index contributed by atoms with van der Waals surface area (Å²) in [6.07, 6.45) is 4.43. The highest BCUT2D eigenvalue weighted by Gasteiger charge is 2.26. The maximum absolute atomic E-state index is 13.3. The van der Waals surface area contributed by atoms with Gasteiger partial charge in [0.05, 0.1) is 11.0 Å². The molecule has 1 atom stereocenters. The Balaban J connectivity index is 1.67. The third kappa shape index (κ3) is 3.87. The fraction of sp³-hybridized carbons (Fsp3) is 0.312. The third-order valence-electron chi connectivity index (χ3n) is 3.70. The molecule has 126 valence electrons. The lowest BCUT2D eigenvalue weighted by Crippen LogP contribution is -2.44. The van der Waals surface area contributed by atoms with Gasteiger partial charge in [0, 0.05) is 24.5 Å². The summed E-state index contributed by atoms with van der Waals surface area (Å²) in [5.74, 6) is -2.35. The lowest BCUT2D eigenvalue weighted by molar-refractivity contribution is 0.0515. The molecule has 1 amide bonds. The molecule has 3 rings (SSSR count). The quantitative estimate of drug-likeness (QED) is 0.797. The van der Waals surface area contributed by atoms with E-state index in [4.69, 9.17) is 4.74 Å². The fourth-order valence-corrected chi connectivity index (χ4v) is 2.75. The van der Waals surface area contributed by atoms with Crippen molar-refractivity contribution in [1.82, 2.24) is 14.9 Å². The van der Waals surface area contributed by atoms with Gasteiger partial charge in [0.1, 0.15) is 6.10 Å². The summed E-state index contributed by atoms with van der Waals surface area (Å²) in [7, 11) is 0. The number of rotatable bonds is 3. The van der Waals surface area contributed by atoms with Crippen LogP contribution in [0, 0.1) is 11.6 Å². The molecule has 2 aromatic rings. The monoisotopic (exact) mass is 397 g/mol. The zero-order valence-corrected chi connectivity index (χ0v) is 14.2. The standard InChI is InChI=1S/C16H14BrF2N3O2/c17-11-7-20-16(21-8-11)24-12-2-1-5-22(9-12)15(23)10-3-4-13(18)14(19)6-10/h3-4,6-8,12H,1-2,5,9H2. The molecule has 0 saturated carbocycles. The number of likely N-dealkylation sites (tertiary alicyclic amines) is 1. The predicted octanol–water partition coefficient (Wildman–Crippen LogP) is 3.20. The van der Waals surface area contributed by atoms with E-state index in [-0.39, 0.29) is 23.6 Å². The van der Waals surface area contributed by atoms with Crippen LogP contribution < -0.4 is 4.74 Å². The summed E-state index contributed by atoms with van der Waals surface area (Å²) in [6.45, 7) is 0.885. The summed E-state index contributed by atoms with van der Waals surface area (Å²) in [5, 5.41) is 0. The van der Waals surface area contributed by atoms with Gasteiger partial charge in [-0.3, -0.25) is 4.79 Å². The number of hydrogen-bond acceptors (Lipinski definition) is 4. The molecule has 1 saturated heterocycles. The van der Waals surface area contributed by atoms with Crippen LogP contribution in [-0.4, -0.2) is 40.0 Å². The molecule has 1 aromatic carbocycles. The van der Waals surface area contributed by atoms with E-state index in [0.29, 0.717) is 13.1 Å². The average molecular weight is 398 g/mol. The van der Waals surface area contributed by atoms with Crippen molar-refractivity contribution in [1.29, 1.82) is 0 Å². The molecule has 1 aliphatic rings. The molecular formula is C16H14BrF2N3O2. The molecule has 1 fully saturated rings. The molecule has 1 unspecified atom stereocenters. The Bertz CT molecular complexity index is 743. The number of ether oxygens (including phenoxy) is 1. The predicted molar refractivity (Wildman–Crippen MR) is 85.6 cm³/mol. The van der Waals surface area contributed by atoms with Crippen LogP contribution in [0.5, 0.6) is 6.01 Å². The summed E-state index contributed by atoms with van der Waals surface area (Å²) in [5.41, 5.74) is 0.120. The molecule has 0 bridgehead atoms. The summed E-state index contributed by atoms with van der Waals surface area (Å²) < 4.78 is 32.8.